The molecule has 0 spiro atoms. The van der Waals surface area contributed by atoms with Crippen LogP contribution in [0.4, 0.5) is 11.4 Å². The molecule has 3 aromatic rings. The van der Waals surface area contributed by atoms with Gasteiger partial charge in [0.2, 0.25) is 0 Å². The molecule has 0 saturated carbocycles. The van der Waals surface area contributed by atoms with Crippen molar-refractivity contribution < 1.29 is 14.8 Å². The summed E-state index contributed by atoms with van der Waals surface area (Å²) in [4.78, 5) is 23.6. The maximum absolute atomic E-state index is 13.1. The Morgan fingerprint density at radius 1 is 0.969 bits per heavy atom. The van der Waals surface area contributed by atoms with Crippen LogP contribution in [0.5, 0.6) is 5.75 Å². The van der Waals surface area contributed by atoms with Crippen LogP contribution in [0.2, 0.25) is 0 Å². The molecular formula is C25H29N3O4. The van der Waals surface area contributed by atoms with Crippen LogP contribution in [0, 0.1) is 10.1 Å². The van der Waals surface area contributed by atoms with E-state index in [9.17, 15) is 20.0 Å². The molecule has 0 aliphatic heterocycles. The van der Waals surface area contributed by atoms with Crippen LogP contribution in [-0.4, -0.2) is 20.5 Å². The monoisotopic (exact) mass is 435 g/mol. The molecule has 0 bridgehead atoms. The summed E-state index contributed by atoms with van der Waals surface area (Å²) in [5.41, 5.74) is 2.49. The number of nitro groups is 1. The van der Waals surface area contributed by atoms with Crippen molar-refractivity contribution in [3.05, 3.63) is 81.7 Å². The fourth-order valence-electron chi connectivity index (χ4n) is 3.57. The van der Waals surface area contributed by atoms with Crippen molar-refractivity contribution in [1.82, 2.24) is 4.57 Å². The van der Waals surface area contributed by atoms with Gasteiger partial charge in [0.05, 0.1) is 4.92 Å². The summed E-state index contributed by atoms with van der Waals surface area (Å²) in [6.07, 6.45) is 1.73. The van der Waals surface area contributed by atoms with E-state index in [0.717, 1.165) is 11.1 Å². The summed E-state index contributed by atoms with van der Waals surface area (Å²) >= 11 is 0. The Kier molecular flexibility index (Phi) is 5.87. The topological polar surface area (TPSA) is 97.4 Å². The first-order valence-corrected chi connectivity index (χ1v) is 10.4. The predicted octanol–water partition coefficient (Wildman–Crippen LogP) is 5.94. The number of amides is 1. The highest BCUT2D eigenvalue weighted by molar-refractivity contribution is 6.03. The fourth-order valence-corrected chi connectivity index (χ4v) is 3.57. The maximum atomic E-state index is 13.1. The molecule has 0 fully saturated rings. The lowest BCUT2D eigenvalue weighted by Crippen LogP contribution is -2.20. The Balaban J connectivity index is 1.98. The number of non-ortho nitro benzene ring substituents is 1. The summed E-state index contributed by atoms with van der Waals surface area (Å²) in [7, 11) is 0. The van der Waals surface area contributed by atoms with Crippen LogP contribution >= 0.6 is 0 Å². The lowest BCUT2D eigenvalue weighted by molar-refractivity contribution is -0.384. The summed E-state index contributed by atoms with van der Waals surface area (Å²) in [6, 6.07) is 13.1. The lowest BCUT2D eigenvalue weighted by atomic mass is 9.79. The average Bonchev–Trinajstić information content (AvgIpc) is 3.17. The molecule has 0 saturated heterocycles. The van der Waals surface area contributed by atoms with Crippen molar-refractivity contribution in [2.75, 3.05) is 5.32 Å². The number of nitro benzene ring substituents is 1. The number of hydrogen-bond acceptors (Lipinski definition) is 4. The molecule has 0 radical (unpaired) electrons. The minimum absolute atomic E-state index is 0.0135. The molecule has 0 aliphatic rings. The SMILES string of the molecule is CC(C)(C)c1cc(NC(=O)c2cccn2-c2ccc([N+](=O)[O-])cc2)cc(C(C)(C)C)c1O. The van der Waals surface area contributed by atoms with Gasteiger partial charge in [-0.1, -0.05) is 41.5 Å². The van der Waals surface area contributed by atoms with Crippen LogP contribution in [0.15, 0.2) is 54.7 Å². The van der Waals surface area contributed by atoms with E-state index in [2.05, 4.69) is 5.32 Å². The lowest BCUT2D eigenvalue weighted by Gasteiger charge is -2.28. The molecule has 2 N–H and O–H groups in total. The Hall–Kier alpha value is -3.61. The zero-order chi connectivity index (χ0) is 23.8. The van der Waals surface area contributed by atoms with Gasteiger partial charge in [-0.15, -0.1) is 0 Å². The van der Waals surface area contributed by atoms with Gasteiger partial charge in [0.25, 0.3) is 11.6 Å². The number of aromatic hydroxyl groups is 1. The standard InChI is InChI=1S/C25H29N3O4/c1-24(2,3)19-14-16(15-20(22(19)29)25(4,5)6)26-23(30)21-8-7-13-27(21)17-9-11-18(12-10-17)28(31)32/h7-15,29H,1-6H3,(H,26,30). The molecule has 32 heavy (non-hydrogen) atoms. The van der Waals surface area contributed by atoms with Crippen LogP contribution < -0.4 is 5.32 Å². The number of aromatic nitrogens is 1. The Bertz CT molecular complexity index is 1130. The minimum Gasteiger partial charge on any atom is -0.507 e. The molecule has 1 heterocycles. The van der Waals surface area contributed by atoms with Crippen molar-refractivity contribution in [2.45, 2.75) is 52.4 Å². The van der Waals surface area contributed by atoms with Crippen molar-refractivity contribution in [3.63, 3.8) is 0 Å². The van der Waals surface area contributed by atoms with E-state index in [1.165, 1.54) is 12.1 Å². The van der Waals surface area contributed by atoms with E-state index in [1.54, 1.807) is 35.0 Å². The zero-order valence-corrected chi connectivity index (χ0v) is 19.3. The van der Waals surface area contributed by atoms with Gasteiger partial charge in [-0.3, -0.25) is 14.9 Å². The van der Waals surface area contributed by atoms with Crippen molar-refractivity contribution in [1.29, 1.82) is 0 Å². The fraction of sp³-hybridized carbons (Fsp3) is 0.320. The second-order valence-corrected chi connectivity index (χ2v) is 9.91. The quantitative estimate of drug-likeness (QED) is 0.301. The average molecular weight is 436 g/mol. The number of carbonyl (C=O) groups is 1. The first kappa shape index (κ1) is 23.1. The van der Waals surface area contributed by atoms with Crippen LogP contribution in [0.3, 0.4) is 0 Å². The third-order valence-electron chi connectivity index (χ3n) is 5.30. The first-order chi connectivity index (χ1) is 14.8. The van der Waals surface area contributed by atoms with Gasteiger partial charge in [-0.25, -0.2) is 0 Å². The van der Waals surface area contributed by atoms with Gasteiger partial charge in [0, 0.05) is 40.8 Å². The Labute approximate surface area is 187 Å². The van der Waals surface area contributed by atoms with Crippen molar-refractivity contribution >= 4 is 17.3 Å². The number of hydrogen-bond donors (Lipinski definition) is 2. The number of nitrogens with one attached hydrogen (secondary N) is 1. The highest BCUT2D eigenvalue weighted by atomic mass is 16.6. The number of carbonyl (C=O) groups excluding carboxylic acids is 1. The van der Waals surface area contributed by atoms with E-state index in [1.807, 2.05) is 53.7 Å². The third-order valence-corrected chi connectivity index (χ3v) is 5.30. The first-order valence-electron chi connectivity index (χ1n) is 10.4. The maximum Gasteiger partial charge on any atom is 0.272 e. The Morgan fingerprint density at radius 2 is 1.50 bits per heavy atom. The molecule has 1 amide bonds. The molecule has 0 atom stereocenters. The van der Waals surface area contributed by atoms with Crippen LogP contribution in [-0.2, 0) is 10.8 Å². The number of phenolic OH excluding ortho intramolecular Hbond substituents is 1. The van der Waals surface area contributed by atoms with Crippen molar-refractivity contribution in [3.8, 4) is 11.4 Å². The van der Waals surface area contributed by atoms with E-state index in [-0.39, 0.29) is 28.2 Å². The van der Waals surface area contributed by atoms with Gasteiger partial charge in [-0.2, -0.15) is 0 Å². The molecule has 1 aromatic heterocycles. The van der Waals surface area contributed by atoms with Gasteiger partial charge >= 0.3 is 0 Å². The van der Waals surface area contributed by atoms with Gasteiger partial charge in [-0.05, 0) is 47.2 Å². The highest BCUT2D eigenvalue weighted by Gasteiger charge is 2.27. The molecule has 7 nitrogen and oxygen atoms in total. The Morgan fingerprint density at radius 3 is 1.97 bits per heavy atom. The summed E-state index contributed by atoms with van der Waals surface area (Å²) < 4.78 is 1.68. The molecular weight excluding hydrogens is 406 g/mol. The highest BCUT2D eigenvalue weighted by Crippen LogP contribution is 2.41. The number of rotatable bonds is 4. The van der Waals surface area contributed by atoms with Crippen molar-refractivity contribution in [2.24, 2.45) is 0 Å². The second kappa shape index (κ2) is 8.15. The summed E-state index contributed by atoms with van der Waals surface area (Å²) in [5, 5.41) is 24.8. The smallest absolute Gasteiger partial charge is 0.272 e. The predicted molar refractivity (Wildman–Crippen MR) is 126 cm³/mol. The van der Waals surface area contributed by atoms with E-state index in [4.69, 9.17) is 0 Å². The number of phenols is 1. The number of anilines is 1. The van der Waals surface area contributed by atoms with Gasteiger partial charge < -0.3 is 15.0 Å². The summed E-state index contributed by atoms with van der Waals surface area (Å²) in [6.45, 7) is 12.1. The molecule has 168 valence electrons. The number of benzene rings is 2. The molecule has 7 heteroatoms. The van der Waals surface area contributed by atoms with Crippen LogP contribution in [0.25, 0.3) is 5.69 Å². The second-order valence-electron chi connectivity index (χ2n) is 9.91. The van der Waals surface area contributed by atoms with E-state index >= 15 is 0 Å². The summed E-state index contributed by atoms with van der Waals surface area (Å²) in [5.74, 6) is -0.0731. The minimum atomic E-state index is -0.461. The molecule has 0 unspecified atom stereocenters. The third kappa shape index (κ3) is 4.66. The zero-order valence-electron chi connectivity index (χ0n) is 19.3. The molecule has 0 aliphatic carbocycles. The van der Waals surface area contributed by atoms with E-state index in [0.29, 0.717) is 17.1 Å². The van der Waals surface area contributed by atoms with Gasteiger partial charge in [0.1, 0.15) is 11.4 Å². The molecule has 3 rings (SSSR count). The normalized spacial score (nSPS) is 11.9. The van der Waals surface area contributed by atoms with E-state index < -0.39 is 4.92 Å². The largest absolute Gasteiger partial charge is 0.507 e. The number of nitrogens with zero attached hydrogens (tertiary/aromatic N) is 2. The molecule has 2 aromatic carbocycles. The van der Waals surface area contributed by atoms with Crippen LogP contribution in [0.1, 0.15) is 63.2 Å². The van der Waals surface area contributed by atoms with Gasteiger partial charge in [0.15, 0.2) is 0 Å².